The number of aromatic nitrogens is 3. The Kier molecular flexibility index (Phi) is 5.65. The van der Waals surface area contributed by atoms with Crippen molar-refractivity contribution >= 4 is 34.8 Å². The van der Waals surface area contributed by atoms with E-state index in [-0.39, 0.29) is 29.7 Å². The van der Waals surface area contributed by atoms with Crippen molar-refractivity contribution in [1.82, 2.24) is 14.8 Å². The van der Waals surface area contributed by atoms with E-state index in [4.69, 9.17) is 11.6 Å². The number of hydrogen-bond acceptors (Lipinski definition) is 4. The monoisotopic (exact) mass is 477 g/mol. The first-order valence-corrected chi connectivity index (χ1v) is 10.4. The first kappa shape index (κ1) is 22.8. The number of halogens is 4. The molecule has 11 heteroatoms. The lowest BCUT2D eigenvalue weighted by molar-refractivity contribution is -0.137. The number of rotatable bonds is 3. The summed E-state index contributed by atoms with van der Waals surface area (Å²) in [6.45, 7) is 5.52. The van der Waals surface area contributed by atoms with Gasteiger partial charge < -0.3 is 10.2 Å². The fourth-order valence-corrected chi connectivity index (χ4v) is 4.12. The van der Waals surface area contributed by atoms with E-state index in [1.165, 1.54) is 21.8 Å². The van der Waals surface area contributed by atoms with Crippen molar-refractivity contribution < 1.29 is 22.8 Å². The van der Waals surface area contributed by atoms with Crippen LogP contribution in [0.4, 0.5) is 24.5 Å². The molecule has 0 aliphatic carbocycles. The molecule has 2 amide bonds. The first-order chi connectivity index (χ1) is 15.5. The minimum absolute atomic E-state index is 0.126. The molecular weight excluding hydrogens is 459 g/mol. The summed E-state index contributed by atoms with van der Waals surface area (Å²) < 4.78 is 40.7. The lowest BCUT2D eigenvalue weighted by Crippen LogP contribution is -2.43. The van der Waals surface area contributed by atoms with Gasteiger partial charge in [0.25, 0.3) is 11.8 Å². The van der Waals surface area contributed by atoms with Gasteiger partial charge in [0.1, 0.15) is 0 Å². The standard InChI is InChI=1S/C22H19ClF3N5O2/c1-11-6-14(7-12(2)28-11)20(32)29-18-9-27-31-13(3)10-30(21(33)19(18)31)15-4-5-16(17(23)8-15)22(24,25)26/h4-9,13H,10H2,1-3H3,(H,29,32)/t13-/m0/s1. The molecule has 1 aliphatic rings. The maximum Gasteiger partial charge on any atom is 0.417 e. The van der Waals surface area contributed by atoms with E-state index in [0.29, 0.717) is 17.0 Å². The number of carbonyl (C=O) groups is 2. The molecule has 4 rings (SSSR count). The molecule has 1 atom stereocenters. The maximum absolute atomic E-state index is 13.3. The number of alkyl halides is 3. The zero-order chi connectivity index (χ0) is 24.1. The van der Waals surface area contributed by atoms with Crippen molar-refractivity contribution in [3.63, 3.8) is 0 Å². The third kappa shape index (κ3) is 4.30. The number of fused-ring (bicyclic) bond motifs is 1. The van der Waals surface area contributed by atoms with Gasteiger partial charge in [0, 0.05) is 29.2 Å². The second-order valence-corrected chi connectivity index (χ2v) is 8.28. The van der Waals surface area contributed by atoms with E-state index < -0.39 is 28.6 Å². The van der Waals surface area contributed by atoms with Crippen LogP contribution in [0.5, 0.6) is 0 Å². The van der Waals surface area contributed by atoms with E-state index in [2.05, 4.69) is 15.4 Å². The normalized spacial score (nSPS) is 16.0. The number of amides is 2. The molecule has 3 aromatic rings. The fourth-order valence-electron chi connectivity index (χ4n) is 3.84. The Morgan fingerprint density at radius 3 is 2.45 bits per heavy atom. The summed E-state index contributed by atoms with van der Waals surface area (Å²) in [5.74, 6) is -0.951. The molecule has 1 aliphatic heterocycles. The second-order valence-electron chi connectivity index (χ2n) is 7.87. The first-order valence-electron chi connectivity index (χ1n) is 9.98. The van der Waals surface area contributed by atoms with Crippen molar-refractivity contribution in [2.75, 3.05) is 16.8 Å². The van der Waals surface area contributed by atoms with E-state index >= 15 is 0 Å². The maximum atomic E-state index is 13.3. The molecule has 33 heavy (non-hydrogen) atoms. The Labute approximate surface area is 192 Å². The van der Waals surface area contributed by atoms with Crippen molar-refractivity contribution in [2.24, 2.45) is 0 Å². The van der Waals surface area contributed by atoms with Crippen LogP contribution in [0.3, 0.4) is 0 Å². The van der Waals surface area contributed by atoms with E-state index in [1.54, 1.807) is 26.0 Å². The van der Waals surface area contributed by atoms with Gasteiger partial charge >= 0.3 is 6.18 Å². The molecule has 2 aromatic heterocycles. The predicted octanol–water partition coefficient (Wildman–Crippen LogP) is 5.04. The molecule has 1 N–H and O–H groups in total. The van der Waals surface area contributed by atoms with Crippen molar-refractivity contribution in [1.29, 1.82) is 0 Å². The van der Waals surface area contributed by atoms with Crippen LogP contribution in [-0.2, 0) is 6.18 Å². The van der Waals surface area contributed by atoms with Crippen LogP contribution >= 0.6 is 11.6 Å². The number of nitrogens with one attached hydrogen (secondary N) is 1. The van der Waals surface area contributed by atoms with Crippen molar-refractivity contribution in [3.8, 4) is 0 Å². The number of anilines is 2. The van der Waals surface area contributed by atoms with Crippen LogP contribution in [0.1, 0.15) is 50.8 Å². The van der Waals surface area contributed by atoms with Crippen LogP contribution in [0.2, 0.25) is 5.02 Å². The molecule has 0 fully saturated rings. The van der Waals surface area contributed by atoms with Crippen LogP contribution in [-0.4, -0.2) is 33.1 Å². The molecule has 0 radical (unpaired) electrons. The number of benzene rings is 1. The summed E-state index contributed by atoms with van der Waals surface area (Å²) in [6, 6.07) is 6.11. The summed E-state index contributed by atoms with van der Waals surface area (Å²) in [6.07, 6.45) is -3.22. The third-order valence-electron chi connectivity index (χ3n) is 5.27. The molecule has 0 bridgehead atoms. The Morgan fingerprint density at radius 2 is 1.85 bits per heavy atom. The zero-order valence-corrected chi connectivity index (χ0v) is 18.6. The molecule has 3 heterocycles. The Hall–Kier alpha value is -3.40. The van der Waals surface area contributed by atoms with Gasteiger partial charge in [-0.05, 0) is 51.1 Å². The highest BCUT2D eigenvalue weighted by atomic mass is 35.5. The van der Waals surface area contributed by atoms with Crippen LogP contribution in [0.15, 0.2) is 36.5 Å². The summed E-state index contributed by atoms with van der Waals surface area (Å²) >= 11 is 5.85. The van der Waals surface area contributed by atoms with Gasteiger partial charge in [-0.2, -0.15) is 18.3 Å². The zero-order valence-electron chi connectivity index (χ0n) is 17.9. The number of carbonyl (C=O) groups excluding carboxylic acids is 2. The molecule has 0 spiro atoms. The van der Waals surface area contributed by atoms with E-state index in [0.717, 1.165) is 12.1 Å². The lowest BCUT2D eigenvalue weighted by Gasteiger charge is -2.32. The van der Waals surface area contributed by atoms with Crippen molar-refractivity contribution in [2.45, 2.75) is 33.0 Å². The Bertz CT molecular complexity index is 1250. The van der Waals surface area contributed by atoms with E-state index in [1.807, 2.05) is 6.92 Å². The number of pyridine rings is 1. The highest BCUT2D eigenvalue weighted by Crippen LogP contribution is 2.38. The minimum atomic E-state index is -4.60. The third-order valence-corrected chi connectivity index (χ3v) is 5.58. The van der Waals surface area contributed by atoms with Gasteiger partial charge in [-0.25, -0.2) is 0 Å². The summed E-state index contributed by atoms with van der Waals surface area (Å²) in [4.78, 5) is 31.7. The SMILES string of the molecule is Cc1cc(C(=O)Nc2cnn3c2C(=O)N(c2ccc(C(F)(F)F)c(Cl)c2)C[C@@H]3C)cc(C)n1. The quantitative estimate of drug-likeness (QED) is 0.573. The molecular formula is C22H19ClF3N5O2. The van der Waals surface area contributed by atoms with Crippen LogP contribution in [0.25, 0.3) is 0 Å². The van der Waals surface area contributed by atoms with Crippen LogP contribution < -0.4 is 10.2 Å². The van der Waals surface area contributed by atoms with Crippen molar-refractivity contribution in [3.05, 3.63) is 69.8 Å². The van der Waals surface area contributed by atoms with E-state index in [9.17, 15) is 22.8 Å². The second kappa shape index (κ2) is 8.18. The fraction of sp³-hybridized carbons (Fsp3) is 0.273. The van der Waals surface area contributed by atoms with Crippen LogP contribution in [0, 0.1) is 13.8 Å². The smallest absolute Gasteiger partial charge is 0.319 e. The van der Waals surface area contributed by atoms with Gasteiger partial charge in [-0.15, -0.1) is 0 Å². The molecule has 0 saturated carbocycles. The van der Waals surface area contributed by atoms with Gasteiger partial charge in [-0.3, -0.25) is 19.3 Å². The molecule has 172 valence electrons. The van der Waals surface area contributed by atoms with Gasteiger partial charge in [0.05, 0.1) is 28.5 Å². The summed E-state index contributed by atoms with van der Waals surface area (Å²) in [5.41, 5.74) is 1.29. The summed E-state index contributed by atoms with van der Waals surface area (Å²) in [7, 11) is 0. The topological polar surface area (TPSA) is 80.1 Å². The largest absolute Gasteiger partial charge is 0.417 e. The number of nitrogens with zero attached hydrogens (tertiary/aromatic N) is 4. The Morgan fingerprint density at radius 1 is 1.18 bits per heavy atom. The predicted molar refractivity (Wildman–Crippen MR) is 117 cm³/mol. The Balaban J connectivity index is 1.66. The highest BCUT2D eigenvalue weighted by Gasteiger charge is 2.36. The molecule has 1 aromatic carbocycles. The summed E-state index contributed by atoms with van der Waals surface area (Å²) in [5, 5.41) is 6.44. The average Bonchev–Trinajstić information content (AvgIpc) is 3.13. The molecule has 7 nitrogen and oxygen atoms in total. The molecule has 0 saturated heterocycles. The van der Waals surface area contributed by atoms with Gasteiger partial charge in [0.2, 0.25) is 0 Å². The van der Waals surface area contributed by atoms with Gasteiger partial charge in [0.15, 0.2) is 5.69 Å². The minimum Gasteiger partial charge on any atom is -0.319 e. The van der Waals surface area contributed by atoms with Gasteiger partial charge in [-0.1, -0.05) is 11.6 Å². The lowest BCUT2D eigenvalue weighted by atomic mass is 10.1. The highest BCUT2D eigenvalue weighted by molar-refractivity contribution is 6.31. The molecule has 0 unspecified atom stereocenters. The number of hydrogen-bond donors (Lipinski definition) is 1. The number of aryl methyl sites for hydroxylation is 2. The average molecular weight is 478 g/mol.